The zero-order valence-electron chi connectivity index (χ0n) is 12.0. The summed E-state index contributed by atoms with van der Waals surface area (Å²) in [5.41, 5.74) is 0.569. The molecule has 0 radical (unpaired) electrons. The van der Waals surface area contributed by atoms with Gasteiger partial charge in [-0.3, -0.25) is 4.79 Å². The van der Waals surface area contributed by atoms with Crippen molar-refractivity contribution in [3.8, 4) is 0 Å². The van der Waals surface area contributed by atoms with E-state index in [1.54, 1.807) is 36.1 Å². The van der Waals surface area contributed by atoms with Crippen LogP contribution < -0.4 is 5.32 Å². The summed E-state index contributed by atoms with van der Waals surface area (Å²) in [5, 5.41) is 3.33. The minimum absolute atomic E-state index is 0.0622. The summed E-state index contributed by atoms with van der Waals surface area (Å²) in [6.45, 7) is 3.27. The summed E-state index contributed by atoms with van der Waals surface area (Å²) in [6.07, 6.45) is 1.26. The number of hydrogen-bond donors (Lipinski definition) is 1. The predicted octanol–water partition coefficient (Wildman–Crippen LogP) is 2.69. The molecule has 6 heteroatoms. The Morgan fingerprint density at radius 2 is 2.29 bits per heavy atom. The SMILES string of the molecule is CCOC(=O)NC1CCCN(C(=O)c2cccc(Cl)c2)C1. The number of hydrogen-bond acceptors (Lipinski definition) is 3. The molecule has 0 aliphatic carbocycles. The molecule has 0 spiro atoms. The standard InChI is InChI=1S/C15H19ClN2O3/c1-2-21-15(20)17-13-7-4-8-18(10-13)14(19)11-5-3-6-12(16)9-11/h3,5-6,9,13H,2,4,7-8,10H2,1H3,(H,17,20). The monoisotopic (exact) mass is 310 g/mol. The predicted molar refractivity (Wildman–Crippen MR) is 80.5 cm³/mol. The Bertz CT molecular complexity index is 521. The molecule has 2 amide bonds. The molecule has 1 N–H and O–H groups in total. The molecule has 1 atom stereocenters. The van der Waals surface area contributed by atoms with E-state index in [1.807, 2.05) is 0 Å². The number of amides is 2. The Morgan fingerprint density at radius 3 is 3.00 bits per heavy atom. The van der Waals surface area contributed by atoms with Crippen LogP contribution in [-0.4, -0.2) is 42.6 Å². The van der Waals surface area contributed by atoms with Crippen LogP contribution in [-0.2, 0) is 4.74 Å². The van der Waals surface area contributed by atoms with Gasteiger partial charge in [-0.05, 0) is 38.0 Å². The van der Waals surface area contributed by atoms with Crippen LogP contribution in [0.3, 0.4) is 0 Å². The second-order valence-electron chi connectivity index (χ2n) is 4.97. The molecule has 0 bridgehead atoms. The lowest BCUT2D eigenvalue weighted by Crippen LogP contribution is -2.49. The summed E-state index contributed by atoms with van der Waals surface area (Å²) in [7, 11) is 0. The minimum Gasteiger partial charge on any atom is -0.450 e. The number of nitrogens with zero attached hydrogens (tertiary/aromatic N) is 1. The van der Waals surface area contributed by atoms with Gasteiger partial charge in [0.05, 0.1) is 6.61 Å². The fourth-order valence-corrected chi connectivity index (χ4v) is 2.61. The molecule has 21 heavy (non-hydrogen) atoms. The van der Waals surface area contributed by atoms with Gasteiger partial charge in [0, 0.05) is 29.7 Å². The fourth-order valence-electron chi connectivity index (χ4n) is 2.42. The molecule has 114 valence electrons. The number of carbonyl (C=O) groups is 2. The van der Waals surface area contributed by atoms with Gasteiger partial charge in [0.15, 0.2) is 0 Å². The molecule has 1 fully saturated rings. The third-order valence-electron chi connectivity index (χ3n) is 3.38. The van der Waals surface area contributed by atoms with E-state index in [-0.39, 0.29) is 11.9 Å². The highest BCUT2D eigenvalue weighted by Crippen LogP contribution is 2.16. The summed E-state index contributed by atoms with van der Waals surface area (Å²) in [6, 6.07) is 6.83. The van der Waals surface area contributed by atoms with Gasteiger partial charge in [-0.25, -0.2) is 4.79 Å². The van der Waals surface area contributed by atoms with E-state index in [0.29, 0.717) is 30.3 Å². The molecule has 1 aliphatic heterocycles. The summed E-state index contributed by atoms with van der Waals surface area (Å²) < 4.78 is 4.87. The van der Waals surface area contributed by atoms with E-state index in [9.17, 15) is 9.59 Å². The Hall–Kier alpha value is -1.75. The molecular weight excluding hydrogens is 292 g/mol. The number of benzene rings is 1. The zero-order chi connectivity index (χ0) is 15.2. The Morgan fingerprint density at radius 1 is 1.48 bits per heavy atom. The maximum atomic E-state index is 12.4. The first-order valence-corrected chi connectivity index (χ1v) is 7.46. The number of nitrogens with one attached hydrogen (secondary N) is 1. The highest BCUT2D eigenvalue weighted by Gasteiger charge is 2.25. The number of rotatable bonds is 3. The summed E-state index contributed by atoms with van der Waals surface area (Å²) >= 11 is 5.92. The molecule has 2 rings (SSSR count). The van der Waals surface area contributed by atoms with Crippen molar-refractivity contribution in [1.82, 2.24) is 10.2 Å². The van der Waals surface area contributed by atoms with Crippen molar-refractivity contribution in [3.05, 3.63) is 34.9 Å². The molecule has 1 saturated heterocycles. The van der Waals surface area contributed by atoms with Crippen LogP contribution in [0.4, 0.5) is 4.79 Å². The van der Waals surface area contributed by atoms with E-state index in [0.717, 1.165) is 12.8 Å². The van der Waals surface area contributed by atoms with Crippen LogP contribution in [0.15, 0.2) is 24.3 Å². The second-order valence-corrected chi connectivity index (χ2v) is 5.40. The molecule has 5 nitrogen and oxygen atoms in total. The van der Waals surface area contributed by atoms with Gasteiger partial charge < -0.3 is 15.0 Å². The van der Waals surface area contributed by atoms with Crippen LogP contribution in [0.1, 0.15) is 30.1 Å². The van der Waals surface area contributed by atoms with Crippen molar-refractivity contribution < 1.29 is 14.3 Å². The highest BCUT2D eigenvalue weighted by molar-refractivity contribution is 6.30. The lowest BCUT2D eigenvalue weighted by molar-refractivity contribution is 0.0686. The van der Waals surface area contributed by atoms with E-state index < -0.39 is 6.09 Å². The Kier molecular flexibility index (Phi) is 5.44. The molecule has 1 aromatic rings. The average molecular weight is 311 g/mol. The van der Waals surface area contributed by atoms with E-state index in [2.05, 4.69) is 5.32 Å². The molecule has 1 heterocycles. The van der Waals surface area contributed by atoms with Gasteiger partial charge in [0.1, 0.15) is 0 Å². The molecule has 1 aliphatic rings. The van der Waals surface area contributed by atoms with Crippen molar-refractivity contribution in [2.75, 3.05) is 19.7 Å². The minimum atomic E-state index is -0.431. The van der Waals surface area contributed by atoms with E-state index in [4.69, 9.17) is 16.3 Å². The van der Waals surface area contributed by atoms with Crippen molar-refractivity contribution in [1.29, 1.82) is 0 Å². The molecule has 0 saturated carbocycles. The van der Waals surface area contributed by atoms with Crippen molar-refractivity contribution in [3.63, 3.8) is 0 Å². The van der Waals surface area contributed by atoms with Crippen LogP contribution in [0, 0.1) is 0 Å². The summed E-state index contributed by atoms with van der Waals surface area (Å²) in [5.74, 6) is -0.0622. The van der Waals surface area contributed by atoms with Crippen LogP contribution in [0.5, 0.6) is 0 Å². The Labute approximate surface area is 129 Å². The second kappa shape index (κ2) is 7.31. The number of ether oxygens (including phenoxy) is 1. The van der Waals surface area contributed by atoms with Crippen LogP contribution in [0.25, 0.3) is 0 Å². The lowest BCUT2D eigenvalue weighted by Gasteiger charge is -2.33. The van der Waals surface area contributed by atoms with E-state index >= 15 is 0 Å². The quantitative estimate of drug-likeness (QED) is 0.934. The van der Waals surface area contributed by atoms with Crippen LogP contribution >= 0.6 is 11.6 Å². The van der Waals surface area contributed by atoms with Crippen LogP contribution in [0.2, 0.25) is 5.02 Å². The number of alkyl carbamates (subject to hydrolysis) is 1. The first kappa shape index (κ1) is 15.6. The number of halogens is 1. The number of piperidine rings is 1. The molecule has 0 aromatic heterocycles. The third-order valence-corrected chi connectivity index (χ3v) is 3.61. The summed E-state index contributed by atoms with van der Waals surface area (Å²) in [4.78, 5) is 25.6. The molecule has 1 unspecified atom stereocenters. The number of likely N-dealkylation sites (tertiary alicyclic amines) is 1. The average Bonchev–Trinajstić information content (AvgIpc) is 2.47. The third kappa shape index (κ3) is 4.36. The Balaban J connectivity index is 1.97. The first-order chi connectivity index (χ1) is 10.1. The van der Waals surface area contributed by atoms with Crippen molar-refractivity contribution in [2.45, 2.75) is 25.8 Å². The molecule has 1 aromatic carbocycles. The fraction of sp³-hybridized carbons (Fsp3) is 0.467. The number of carbonyl (C=O) groups excluding carboxylic acids is 2. The topological polar surface area (TPSA) is 58.6 Å². The van der Waals surface area contributed by atoms with E-state index in [1.165, 1.54) is 0 Å². The lowest BCUT2D eigenvalue weighted by atomic mass is 10.0. The van der Waals surface area contributed by atoms with Gasteiger partial charge in [0.2, 0.25) is 0 Å². The highest BCUT2D eigenvalue weighted by atomic mass is 35.5. The smallest absolute Gasteiger partial charge is 0.407 e. The normalized spacial score (nSPS) is 18.2. The van der Waals surface area contributed by atoms with Crippen molar-refractivity contribution >= 4 is 23.6 Å². The van der Waals surface area contributed by atoms with Gasteiger partial charge in [-0.1, -0.05) is 17.7 Å². The molecular formula is C15H19ClN2O3. The van der Waals surface area contributed by atoms with Gasteiger partial charge in [-0.15, -0.1) is 0 Å². The van der Waals surface area contributed by atoms with Crippen molar-refractivity contribution in [2.24, 2.45) is 0 Å². The largest absolute Gasteiger partial charge is 0.450 e. The van der Waals surface area contributed by atoms with Gasteiger partial charge >= 0.3 is 6.09 Å². The first-order valence-electron chi connectivity index (χ1n) is 7.08. The zero-order valence-corrected chi connectivity index (χ0v) is 12.7. The van der Waals surface area contributed by atoms with Gasteiger partial charge in [0.25, 0.3) is 5.91 Å². The van der Waals surface area contributed by atoms with Gasteiger partial charge in [-0.2, -0.15) is 0 Å². The maximum Gasteiger partial charge on any atom is 0.407 e. The maximum absolute atomic E-state index is 12.4.